The highest BCUT2D eigenvalue weighted by molar-refractivity contribution is 6.36. The molecule has 3 nitrogen and oxygen atoms in total. The Morgan fingerprint density at radius 2 is 1.92 bits per heavy atom. The molecular formula is C19H19Cl2NO2. The molecule has 2 aromatic rings. The quantitative estimate of drug-likeness (QED) is 0.496. The van der Waals surface area contributed by atoms with Crippen LogP contribution in [0.4, 0.5) is 5.69 Å². The van der Waals surface area contributed by atoms with E-state index in [4.69, 9.17) is 27.9 Å². The van der Waals surface area contributed by atoms with Gasteiger partial charge in [0.05, 0.1) is 17.3 Å². The van der Waals surface area contributed by atoms with Crippen molar-refractivity contribution in [1.82, 2.24) is 0 Å². The van der Waals surface area contributed by atoms with Crippen LogP contribution < -0.4 is 10.1 Å². The fourth-order valence-corrected chi connectivity index (χ4v) is 2.40. The SMILES string of the molecule is CCCCOc1ccc(/C=C/C(=O)Nc2ccc(Cl)cc2Cl)cc1. The van der Waals surface area contributed by atoms with Crippen molar-refractivity contribution < 1.29 is 9.53 Å². The first kappa shape index (κ1) is 18.4. The lowest BCUT2D eigenvalue weighted by atomic mass is 10.2. The molecule has 2 aromatic carbocycles. The van der Waals surface area contributed by atoms with Crippen LogP contribution in [-0.2, 0) is 4.79 Å². The summed E-state index contributed by atoms with van der Waals surface area (Å²) in [6.07, 6.45) is 5.33. The maximum absolute atomic E-state index is 12.0. The normalized spacial score (nSPS) is 10.8. The van der Waals surface area contributed by atoms with E-state index in [-0.39, 0.29) is 5.91 Å². The maximum atomic E-state index is 12.0. The third-order valence-electron chi connectivity index (χ3n) is 3.26. The zero-order valence-electron chi connectivity index (χ0n) is 13.4. The second-order valence-corrected chi connectivity index (χ2v) is 6.06. The number of ether oxygens (including phenoxy) is 1. The van der Waals surface area contributed by atoms with E-state index in [1.807, 2.05) is 24.3 Å². The Kier molecular flexibility index (Phi) is 7.16. The maximum Gasteiger partial charge on any atom is 0.248 e. The minimum Gasteiger partial charge on any atom is -0.494 e. The van der Waals surface area contributed by atoms with Gasteiger partial charge >= 0.3 is 0 Å². The summed E-state index contributed by atoms with van der Waals surface area (Å²) in [6.45, 7) is 2.84. The fourth-order valence-electron chi connectivity index (χ4n) is 1.95. The van der Waals surface area contributed by atoms with Crippen molar-refractivity contribution in [2.45, 2.75) is 19.8 Å². The first-order valence-corrected chi connectivity index (χ1v) is 8.51. The van der Waals surface area contributed by atoms with E-state index in [0.29, 0.717) is 15.7 Å². The molecule has 0 saturated heterocycles. The van der Waals surface area contributed by atoms with E-state index >= 15 is 0 Å². The number of halogens is 2. The molecule has 0 atom stereocenters. The number of nitrogens with one attached hydrogen (secondary N) is 1. The topological polar surface area (TPSA) is 38.3 Å². The van der Waals surface area contributed by atoms with Crippen molar-refractivity contribution in [2.75, 3.05) is 11.9 Å². The monoisotopic (exact) mass is 363 g/mol. The highest BCUT2D eigenvalue weighted by Crippen LogP contribution is 2.25. The van der Waals surface area contributed by atoms with Crippen LogP contribution in [0, 0.1) is 0 Å². The van der Waals surface area contributed by atoms with Gasteiger partial charge in [0.2, 0.25) is 5.91 Å². The van der Waals surface area contributed by atoms with Crippen LogP contribution in [0.1, 0.15) is 25.3 Å². The minimum absolute atomic E-state index is 0.262. The average Bonchev–Trinajstić information content (AvgIpc) is 2.57. The lowest BCUT2D eigenvalue weighted by molar-refractivity contribution is -0.111. The summed E-state index contributed by atoms with van der Waals surface area (Å²) in [5.74, 6) is 0.570. The molecule has 0 aromatic heterocycles. The Morgan fingerprint density at radius 3 is 2.58 bits per heavy atom. The van der Waals surface area contributed by atoms with Gasteiger partial charge in [0, 0.05) is 11.1 Å². The number of anilines is 1. The zero-order valence-corrected chi connectivity index (χ0v) is 14.9. The Labute approximate surface area is 152 Å². The molecular weight excluding hydrogens is 345 g/mol. The number of amides is 1. The lowest BCUT2D eigenvalue weighted by Crippen LogP contribution is -2.08. The Hall–Kier alpha value is -1.97. The molecule has 0 spiro atoms. The first-order chi connectivity index (χ1) is 11.6. The molecule has 0 aliphatic carbocycles. The molecule has 5 heteroatoms. The molecule has 0 radical (unpaired) electrons. The number of hydrogen-bond donors (Lipinski definition) is 1. The van der Waals surface area contributed by atoms with Crippen molar-refractivity contribution in [1.29, 1.82) is 0 Å². The summed E-state index contributed by atoms with van der Waals surface area (Å²) in [5, 5.41) is 3.64. The summed E-state index contributed by atoms with van der Waals surface area (Å²) in [6, 6.07) is 12.5. The predicted molar refractivity (Wildman–Crippen MR) is 101 cm³/mol. The van der Waals surface area contributed by atoms with Gasteiger partial charge < -0.3 is 10.1 Å². The molecule has 0 fully saturated rings. The number of carbonyl (C=O) groups is 1. The van der Waals surface area contributed by atoms with Crippen LogP contribution in [0.25, 0.3) is 6.08 Å². The highest BCUT2D eigenvalue weighted by atomic mass is 35.5. The Balaban J connectivity index is 1.91. The molecule has 126 valence electrons. The molecule has 1 amide bonds. The van der Waals surface area contributed by atoms with Gasteiger partial charge in [-0.2, -0.15) is 0 Å². The lowest BCUT2D eigenvalue weighted by Gasteiger charge is -2.06. The average molecular weight is 364 g/mol. The van der Waals surface area contributed by atoms with Gasteiger partial charge in [0.25, 0.3) is 0 Å². The van der Waals surface area contributed by atoms with Crippen LogP contribution in [0.2, 0.25) is 10.0 Å². The number of benzene rings is 2. The second-order valence-electron chi connectivity index (χ2n) is 5.22. The molecule has 0 bridgehead atoms. The minimum atomic E-state index is -0.262. The molecule has 0 aliphatic heterocycles. The molecule has 2 rings (SSSR count). The van der Waals surface area contributed by atoms with Gasteiger partial charge in [-0.15, -0.1) is 0 Å². The number of rotatable bonds is 7. The third-order valence-corrected chi connectivity index (χ3v) is 3.81. The van der Waals surface area contributed by atoms with Crippen molar-refractivity contribution in [3.05, 3.63) is 64.1 Å². The number of carbonyl (C=O) groups excluding carboxylic acids is 1. The van der Waals surface area contributed by atoms with Gasteiger partial charge in [-0.3, -0.25) is 4.79 Å². The van der Waals surface area contributed by atoms with E-state index in [0.717, 1.165) is 30.8 Å². The Bertz CT molecular complexity index is 712. The summed E-state index contributed by atoms with van der Waals surface area (Å²) in [4.78, 5) is 12.0. The molecule has 0 aliphatic rings. The van der Waals surface area contributed by atoms with Crippen LogP contribution in [-0.4, -0.2) is 12.5 Å². The van der Waals surface area contributed by atoms with Crippen molar-refractivity contribution in [3.63, 3.8) is 0 Å². The van der Waals surface area contributed by atoms with Gasteiger partial charge in [-0.25, -0.2) is 0 Å². The van der Waals surface area contributed by atoms with Gasteiger partial charge in [-0.05, 0) is 48.4 Å². The van der Waals surface area contributed by atoms with Crippen molar-refractivity contribution >= 4 is 40.9 Å². The standard InChI is InChI=1S/C19H19Cl2NO2/c1-2-3-12-24-16-8-4-14(5-9-16)6-11-19(23)22-18-10-7-15(20)13-17(18)21/h4-11,13H,2-3,12H2,1H3,(H,22,23)/b11-6+. The van der Waals surface area contributed by atoms with Crippen molar-refractivity contribution in [2.24, 2.45) is 0 Å². The van der Waals surface area contributed by atoms with Crippen LogP contribution in [0.15, 0.2) is 48.5 Å². The number of hydrogen-bond acceptors (Lipinski definition) is 2. The summed E-state index contributed by atoms with van der Waals surface area (Å²) in [5.41, 5.74) is 1.44. The van der Waals surface area contributed by atoms with Gasteiger partial charge in [0.1, 0.15) is 5.75 Å². The number of unbranched alkanes of at least 4 members (excludes halogenated alkanes) is 1. The van der Waals surface area contributed by atoms with Gasteiger partial charge in [0.15, 0.2) is 0 Å². The van der Waals surface area contributed by atoms with Crippen LogP contribution in [0.5, 0.6) is 5.75 Å². The molecule has 24 heavy (non-hydrogen) atoms. The van der Waals surface area contributed by atoms with E-state index in [2.05, 4.69) is 12.2 Å². The smallest absolute Gasteiger partial charge is 0.248 e. The third kappa shape index (κ3) is 5.91. The van der Waals surface area contributed by atoms with Crippen LogP contribution >= 0.6 is 23.2 Å². The van der Waals surface area contributed by atoms with E-state index < -0.39 is 0 Å². The highest BCUT2D eigenvalue weighted by Gasteiger charge is 2.03. The molecule has 1 N–H and O–H groups in total. The second kappa shape index (κ2) is 9.36. The van der Waals surface area contributed by atoms with Crippen molar-refractivity contribution in [3.8, 4) is 5.75 Å². The van der Waals surface area contributed by atoms with Gasteiger partial charge in [-0.1, -0.05) is 48.7 Å². The Morgan fingerprint density at radius 1 is 1.17 bits per heavy atom. The summed E-state index contributed by atoms with van der Waals surface area (Å²) >= 11 is 11.8. The van der Waals surface area contributed by atoms with Crippen LogP contribution in [0.3, 0.4) is 0 Å². The predicted octanol–water partition coefficient (Wildman–Crippen LogP) is 5.82. The van der Waals surface area contributed by atoms with E-state index in [1.54, 1.807) is 24.3 Å². The zero-order chi connectivity index (χ0) is 17.4. The molecule has 0 heterocycles. The fraction of sp³-hybridized carbons (Fsp3) is 0.211. The molecule has 0 saturated carbocycles. The summed E-state index contributed by atoms with van der Waals surface area (Å²) < 4.78 is 5.60. The first-order valence-electron chi connectivity index (χ1n) is 7.75. The largest absolute Gasteiger partial charge is 0.494 e. The van der Waals surface area contributed by atoms with E-state index in [1.165, 1.54) is 6.08 Å². The van der Waals surface area contributed by atoms with E-state index in [9.17, 15) is 4.79 Å². The summed E-state index contributed by atoms with van der Waals surface area (Å²) in [7, 11) is 0. The molecule has 0 unspecified atom stereocenters.